The zero-order chi connectivity index (χ0) is 12.5. The monoisotopic (exact) mass is 296 g/mol. The second kappa shape index (κ2) is 4.58. The van der Waals surface area contributed by atoms with Crippen LogP contribution < -0.4 is 0 Å². The van der Waals surface area contributed by atoms with Crippen LogP contribution in [0.1, 0.15) is 5.56 Å². The molecular formula is C17H13Br. The summed E-state index contributed by atoms with van der Waals surface area (Å²) in [5.41, 5.74) is 3.88. The number of aryl methyl sites for hydroxylation is 1. The lowest BCUT2D eigenvalue weighted by atomic mass is 9.94. The van der Waals surface area contributed by atoms with Crippen molar-refractivity contribution in [2.45, 2.75) is 6.92 Å². The summed E-state index contributed by atoms with van der Waals surface area (Å²) >= 11 is 3.65. The third kappa shape index (κ3) is 1.85. The Kier molecular flexibility index (Phi) is 2.92. The van der Waals surface area contributed by atoms with E-state index >= 15 is 0 Å². The van der Waals surface area contributed by atoms with Gasteiger partial charge in [-0.05, 0) is 40.5 Å². The van der Waals surface area contributed by atoms with E-state index in [0.29, 0.717) is 0 Å². The molecule has 18 heavy (non-hydrogen) atoms. The highest BCUT2D eigenvalue weighted by molar-refractivity contribution is 9.10. The normalized spacial score (nSPS) is 10.8. The van der Waals surface area contributed by atoms with Crippen LogP contribution in [0.4, 0.5) is 0 Å². The van der Waals surface area contributed by atoms with E-state index in [4.69, 9.17) is 0 Å². The number of halogens is 1. The molecule has 0 atom stereocenters. The number of benzene rings is 3. The summed E-state index contributed by atoms with van der Waals surface area (Å²) in [7, 11) is 0. The zero-order valence-electron chi connectivity index (χ0n) is 10.2. The zero-order valence-corrected chi connectivity index (χ0v) is 11.7. The van der Waals surface area contributed by atoms with E-state index in [-0.39, 0.29) is 0 Å². The molecule has 0 spiro atoms. The molecule has 1 heteroatoms. The van der Waals surface area contributed by atoms with Crippen molar-refractivity contribution in [3.63, 3.8) is 0 Å². The maximum absolute atomic E-state index is 3.65. The lowest BCUT2D eigenvalue weighted by molar-refractivity contribution is 1.48. The SMILES string of the molecule is Cc1ccc2ccccc2c1-c1ccccc1Br. The highest BCUT2D eigenvalue weighted by Crippen LogP contribution is 2.35. The van der Waals surface area contributed by atoms with Gasteiger partial charge in [-0.3, -0.25) is 0 Å². The largest absolute Gasteiger partial charge is 0.0616 e. The standard InChI is InChI=1S/C17H13Br/c1-12-10-11-13-6-2-3-7-14(13)17(12)15-8-4-5-9-16(15)18/h2-11H,1H3. The van der Waals surface area contributed by atoms with Crippen LogP contribution in [0, 0.1) is 6.92 Å². The van der Waals surface area contributed by atoms with Crippen LogP contribution in [0.3, 0.4) is 0 Å². The molecule has 0 unspecified atom stereocenters. The molecule has 0 bridgehead atoms. The Bertz CT molecular complexity index is 714. The molecule has 0 N–H and O–H groups in total. The van der Waals surface area contributed by atoms with Crippen LogP contribution in [0.5, 0.6) is 0 Å². The summed E-state index contributed by atoms with van der Waals surface area (Å²) in [6.07, 6.45) is 0. The predicted octanol–water partition coefficient (Wildman–Crippen LogP) is 5.58. The van der Waals surface area contributed by atoms with Gasteiger partial charge in [-0.25, -0.2) is 0 Å². The summed E-state index contributed by atoms with van der Waals surface area (Å²) in [6, 6.07) is 21.3. The smallest absolute Gasteiger partial charge is 0.0254 e. The van der Waals surface area contributed by atoms with Gasteiger partial charge < -0.3 is 0 Å². The molecule has 0 amide bonds. The molecule has 3 aromatic carbocycles. The van der Waals surface area contributed by atoms with E-state index in [1.54, 1.807) is 0 Å². The lowest BCUT2D eigenvalue weighted by Crippen LogP contribution is -1.87. The first-order valence-corrected chi connectivity index (χ1v) is 6.80. The van der Waals surface area contributed by atoms with E-state index in [1.807, 2.05) is 6.07 Å². The Labute approximate surface area is 115 Å². The van der Waals surface area contributed by atoms with Gasteiger partial charge in [-0.2, -0.15) is 0 Å². The Morgan fingerprint density at radius 3 is 2.33 bits per heavy atom. The van der Waals surface area contributed by atoms with E-state index in [0.717, 1.165) is 4.47 Å². The molecule has 0 saturated heterocycles. The minimum absolute atomic E-state index is 1.14. The lowest BCUT2D eigenvalue weighted by Gasteiger charge is -2.12. The van der Waals surface area contributed by atoms with Crippen LogP contribution >= 0.6 is 15.9 Å². The molecule has 3 aromatic rings. The summed E-state index contributed by atoms with van der Waals surface area (Å²) in [5, 5.41) is 2.60. The molecular weight excluding hydrogens is 284 g/mol. The predicted molar refractivity (Wildman–Crippen MR) is 81.8 cm³/mol. The fourth-order valence-corrected chi connectivity index (χ4v) is 2.89. The second-order valence-corrected chi connectivity index (χ2v) is 5.31. The van der Waals surface area contributed by atoms with Crippen molar-refractivity contribution < 1.29 is 0 Å². The van der Waals surface area contributed by atoms with Gasteiger partial charge in [-0.15, -0.1) is 0 Å². The van der Waals surface area contributed by atoms with Crippen LogP contribution in [0.2, 0.25) is 0 Å². The minimum Gasteiger partial charge on any atom is -0.0616 e. The van der Waals surface area contributed by atoms with Crippen LogP contribution in [-0.4, -0.2) is 0 Å². The van der Waals surface area contributed by atoms with Crippen molar-refractivity contribution in [3.8, 4) is 11.1 Å². The highest BCUT2D eigenvalue weighted by atomic mass is 79.9. The Balaban J connectivity index is 2.42. The molecule has 0 aliphatic heterocycles. The maximum atomic E-state index is 3.65. The van der Waals surface area contributed by atoms with Crippen molar-refractivity contribution in [1.82, 2.24) is 0 Å². The van der Waals surface area contributed by atoms with Crippen LogP contribution in [-0.2, 0) is 0 Å². The highest BCUT2D eigenvalue weighted by Gasteiger charge is 2.09. The first kappa shape index (κ1) is 11.5. The number of hydrogen-bond acceptors (Lipinski definition) is 0. The van der Waals surface area contributed by atoms with Gasteiger partial charge in [0.2, 0.25) is 0 Å². The van der Waals surface area contributed by atoms with Crippen molar-refractivity contribution >= 4 is 26.7 Å². The topological polar surface area (TPSA) is 0 Å². The molecule has 0 aromatic heterocycles. The molecule has 0 aliphatic rings. The fraction of sp³-hybridized carbons (Fsp3) is 0.0588. The van der Waals surface area contributed by atoms with Crippen LogP contribution in [0.25, 0.3) is 21.9 Å². The number of fused-ring (bicyclic) bond motifs is 1. The van der Waals surface area contributed by atoms with Crippen molar-refractivity contribution in [1.29, 1.82) is 0 Å². The molecule has 0 radical (unpaired) electrons. The van der Waals surface area contributed by atoms with Crippen molar-refractivity contribution in [2.75, 3.05) is 0 Å². The van der Waals surface area contributed by atoms with E-state index in [1.165, 1.54) is 27.5 Å². The van der Waals surface area contributed by atoms with E-state index in [9.17, 15) is 0 Å². The van der Waals surface area contributed by atoms with Gasteiger partial charge in [0.1, 0.15) is 0 Å². The third-order valence-electron chi connectivity index (χ3n) is 3.28. The Morgan fingerprint density at radius 1 is 0.778 bits per heavy atom. The van der Waals surface area contributed by atoms with E-state index in [2.05, 4.69) is 77.5 Å². The van der Waals surface area contributed by atoms with Gasteiger partial charge in [0.05, 0.1) is 0 Å². The summed E-state index contributed by atoms with van der Waals surface area (Å²) < 4.78 is 1.14. The Hall–Kier alpha value is -1.60. The Morgan fingerprint density at radius 2 is 1.50 bits per heavy atom. The minimum atomic E-state index is 1.14. The fourth-order valence-electron chi connectivity index (χ4n) is 2.40. The first-order valence-electron chi connectivity index (χ1n) is 6.00. The summed E-state index contributed by atoms with van der Waals surface area (Å²) in [4.78, 5) is 0. The third-order valence-corrected chi connectivity index (χ3v) is 3.97. The van der Waals surface area contributed by atoms with Crippen molar-refractivity contribution in [3.05, 3.63) is 70.7 Å². The van der Waals surface area contributed by atoms with E-state index < -0.39 is 0 Å². The quantitative estimate of drug-likeness (QED) is 0.550. The van der Waals surface area contributed by atoms with Gasteiger partial charge in [0, 0.05) is 4.47 Å². The maximum Gasteiger partial charge on any atom is 0.0254 e. The van der Waals surface area contributed by atoms with Gasteiger partial charge in [0.25, 0.3) is 0 Å². The average Bonchev–Trinajstić information content (AvgIpc) is 2.40. The molecule has 88 valence electrons. The number of hydrogen-bond donors (Lipinski definition) is 0. The molecule has 0 aliphatic carbocycles. The van der Waals surface area contributed by atoms with Gasteiger partial charge in [0.15, 0.2) is 0 Å². The average molecular weight is 297 g/mol. The number of rotatable bonds is 1. The molecule has 0 heterocycles. The first-order chi connectivity index (χ1) is 8.77. The second-order valence-electron chi connectivity index (χ2n) is 4.46. The van der Waals surface area contributed by atoms with Gasteiger partial charge in [-0.1, -0.05) is 70.5 Å². The molecule has 0 nitrogen and oxygen atoms in total. The molecule has 3 rings (SSSR count). The molecule has 0 saturated carbocycles. The molecule has 0 fully saturated rings. The summed E-state index contributed by atoms with van der Waals surface area (Å²) in [5.74, 6) is 0. The van der Waals surface area contributed by atoms with Gasteiger partial charge >= 0.3 is 0 Å². The summed E-state index contributed by atoms with van der Waals surface area (Å²) in [6.45, 7) is 2.17. The van der Waals surface area contributed by atoms with Crippen molar-refractivity contribution in [2.24, 2.45) is 0 Å². The van der Waals surface area contributed by atoms with Crippen LogP contribution in [0.15, 0.2) is 65.1 Å².